The predicted molar refractivity (Wildman–Crippen MR) is 96.7 cm³/mol. The number of hydrogen-bond donors (Lipinski definition) is 3. The van der Waals surface area contributed by atoms with E-state index >= 15 is 0 Å². The van der Waals surface area contributed by atoms with Gasteiger partial charge in [0.15, 0.2) is 17.0 Å². The molecule has 0 radical (unpaired) electrons. The molecule has 26 heavy (non-hydrogen) atoms. The van der Waals surface area contributed by atoms with Gasteiger partial charge in [-0.05, 0) is 58.7 Å². The van der Waals surface area contributed by atoms with Crippen LogP contribution in [-0.2, 0) is 9.59 Å². The van der Waals surface area contributed by atoms with Gasteiger partial charge in [0.2, 0.25) is 0 Å². The molecule has 2 aromatic rings. The molecule has 0 saturated carbocycles. The first-order valence-electron chi connectivity index (χ1n) is 7.35. The molecule has 0 bridgehead atoms. The summed E-state index contributed by atoms with van der Waals surface area (Å²) in [6, 6.07) is 7.98. The summed E-state index contributed by atoms with van der Waals surface area (Å²) < 4.78 is 10.7. The number of aryl methyl sites for hydroxylation is 1. The lowest BCUT2D eigenvalue weighted by molar-refractivity contribution is -0.129. The predicted octanol–water partition coefficient (Wildman–Crippen LogP) is 1.96. The highest BCUT2D eigenvalue weighted by atomic mass is 79.9. The maximum absolute atomic E-state index is 11.7. The highest BCUT2D eigenvalue weighted by Gasteiger charge is 2.12. The van der Waals surface area contributed by atoms with Crippen LogP contribution in [-0.4, -0.2) is 30.9 Å². The van der Waals surface area contributed by atoms with Crippen LogP contribution >= 0.6 is 27.5 Å². The van der Waals surface area contributed by atoms with Crippen molar-refractivity contribution < 1.29 is 23.5 Å². The van der Waals surface area contributed by atoms with Crippen molar-refractivity contribution in [3.63, 3.8) is 0 Å². The Hall–Kier alpha value is -2.52. The molecule has 0 aliphatic carbocycles. The maximum atomic E-state index is 11.7. The molecule has 1 aromatic carbocycles. The number of carbonyl (C=O) groups is 3. The van der Waals surface area contributed by atoms with E-state index in [2.05, 4.69) is 32.1 Å². The van der Waals surface area contributed by atoms with E-state index in [9.17, 15) is 14.4 Å². The molecule has 3 N–H and O–H groups in total. The van der Waals surface area contributed by atoms with E-state index in [0.717, 1.165) is 5.56 Å². The van der Waals surface area contributed by atoms with E-state index in [1.165, 1.54) is 6.07 Å². The Labute approximate surface area is 162 Å². The van der Waals surface area contributed by atoms with Crippen LogP contribution in [0.4, 0.5) is 0 Å². The highest BCUT2D eigenvalue weighted by molar-refractivity contribution is 9.10. The summed E-state index contributed by atoms with van der Waals surface area (Å²) in [6.07, 6.45) is 0. The van der Waals surface area contributed by atoms with Gasteiger partial charge in [0.05, 0.1) is 6.54 Å². The molecule has 0 unspecified atom stereocenters. The summed E-state index contributed by atoms with van der Waals surface area (Å²) in [5.74, 6) is -1.20. The fraction of sp³-hybridized carbons (Fsp3) is 0.188. The number of hydrazine groups is 1. The minimum Gasteiger partial charge on any atom is -0.484 e. The molecule has 0 atom stereocenters. The number of nitrogens with one attached hydrogen (secondary N) is 3. The van der Waals surface area contributed by atoms with Crippen molar-refractivity contribution in [3.05, 3.63) is 51.3 Å². The van der Waals surface area contributed by atoms with E-state index in [4.69, 9.17) is 20.8 Å². The van der Waals surface area contributed by atoms with Crippen LogP contribution in [0.25, 0.3) is 0 Å². The van der Waals surface area contributed by atoms with Gasteiger partial charge in [-0.2, -0.15) is 0 Å². The van der Waals surface area contributed by atoms with Crippen molar-refractivity contribution in [1.29, 1.82) is 0 Å². The number of amides is 3. The quantitative estimate of drug-likeness (QED) is 0.590. The Morgan fingerprint density at radius 2 is 1.88 bits per heavy atom. The van der Waals surface area contributed by atoms with Gasteiger partial charge in [0.25, 0.3) is 17.7 Å². The third-order valence-electron chi connectivity index (χ3n) is 3.05. The van der Waals surface area contributed by atoms with Crippen LogP contribution < -0.4 is 20.9 Å². The van der Waals surface area contributed by atoms with Crippen LogP contribution in [0.2, 0.25) is 5.02 Å². The normalized spacial score (nSPS) is 10.1. The Balaban J connectivity index is 1.67. The third-order valence-corrected chi connectivity index (χ3v) is 3.90. The van der Waals surface area contributed by atoms with E-state index in [0.29, 0.717) is 15.4 Å². The molecule has 8 nitrogen and oxygen atoms in total. The van der Waals surface area contributed by atoms with Crippen LogP contribution in [0.15, 0.2) is 39.4 Å². The van der Waals surface area contributed by atoms with Crippen molar-refractivity contribution in [1.82, 2.24) is 16.2 Å². The molecule has 138 valence electrons. The Morgan fingerprint density at radius 3 is 2.54 bits per heavy atom. The highest BCUT2D eigenvalue weighted by Crippen LogP contribution is 2.20. The van der Waals surface area contributed by atoms with Crippen molar-refractivity contribution in [3.8, 4) is 5.75 Å². The van der Waals surface area contributed by atoms with Gasteiger partial charge < -0.3 is 14.5 Å². The minimum atomic E-state index is -0.611. The number of ether oxygens (including phenoxy) is 1. The van der Waals surface area contributed by atoms with E-state index in [1.807, 2.05) is 6.92 Å². The summed E-state index contributed by atoms with van der Waals surface area (Å²) in [7, 11) is 0. The van der Waals surface area contributed by atoms with Gasteiger partial charge in [-0.3, -0.25) is 25.2 Å². The molecule has 3 amide bonds. The van der Waals surface area contributed by atoms with E-state index < -0.39 is 17.7 Å². The zero-order valence-corrected chi connectivity index (χ0v) is 15.9. The second-order valence-electron chi connectivity index (χ2n) is 5.08. The van der Waals surface area contributed by atoms with Gasteiger partial charge in [-0.15, -0.1) is 0 Å². The van der Waals surface area contributed by atoms with Gasteiger partial charge in [0, 0.05) is 5.02 Å². The van der Waals surface area contributed by atoms with Crippen molar-refractivity contribution >= 4 is 45.3 Å². The molecule has 1 heterocycles. The third kappa shape index (κ3) is 6.08. The molecule has 0 spiro atoms. The van der Waals surface area contributed by atoms with Crippen molar-refractivity contribution in [2.45, 2.75) is 6.92 Å². The molecule has 0 saturated heterocycles. The van der Waals surface area contributed by atoms with Crippen LogP contribution in [0.3, 0.4) is 0 Å². The molecule has 0 aliphatic heterocycles. The first kappa shape index (κ1) is 19.8. The number of furan rings is 1. The summed E-state index contributed by atoms with van der Waals surface area (Å²) >= 11 is 8.97. The minimum absolute atomic E-state index is 0.0559. The summed E-state index contributed by atoms with van der Waals surface area (Å²) in [6.45, 7) is 1.17. The van der Waals surface area contributed by atoms with Gasteiger partial charge >= 0.3 is 0 Å². The smallest absolute Gasteiger partial charge is 0.287 e. The Bertz CT molecular complexity index is 824. The van der Waals surface area contributed by atoms with Crippen molar-refractivity contribution in [2.75, 3.05) is 13.2 Å². The second-order valence-corrected chi connectivity index (χ2v) is 6.27. The number of benzene rings is 1. The van der Waals surface area contributed by atoms with Gasteiger partial charge in [-0.1, -0.05) is 11.6 Å². The Kier molecular flexibility index (Phi) is 7.05. The average molecular weight is 445 g/mol. The summed E-state index contributed by atoms with van der Waals surface area (Å²) in [4.78, 5) is 34.9. The van der Waals surface area contributed by atoms with E-state index in [-0.39, 0.29) is 18.9 Å². The lowest BCUT2D eigenvalue weighted by Crippen LogP contribution is -2.47. The number of rotatable bonds is 6. The number of carbonyl (C=O) groups excluding carboxylic acids is 3. The summed E-state index contributed by atoms with van der Waals surface area (Å²) in [5.41, 5.74) is 5.15. The molecular weight excluding hydrogens is 430 g/mol. The van der Waals surface area contributed by atoms with Crippen LogP contribution in [0, 0.1) is 6.92 Å². The molecular formula is C16H15BrClN3O5. The molecule has 2 rings (SSSR count). The zero-order chi connectivity index (χ0) is 19.1. The SMILES string of the molecule is Cc1cc(OCC(=O)NNC(=O)CNC(=O)c2ccc(Br)o2)ccc1Cl. The zero-order valence-electron chi connectivity index (χ0n) is 13.6. The first-order chi connectivity index (χ1) is 12.3. The van der Waals surface area contributed by atoms with E-state index in [1.54, 1.807) is 24.3 Å². The second kappa shape index (κ2) is 9.25. The topological polar surface area (TPSA) is 110 Å². The lowest BCUT2D eigenvalue weighted by Gasteiger charge is -2.10. The number of hydrogen-bond acceptors (Lipinski definition) is 5. The maximum Gasteiger partial charge on any atom is 0.287 e. The monoisotopic (exact) mass is 443 g/mol. The van der Waals surface area contributed by atoms with Crippen molar-refractivity contribution in [2.24, 2.45) is 0 Å². The largest absolute Gasteiger partial charge is 0.484 e. The van der Waals surface area contributed by atoms with Gasteiger partial charge in [0.1, 0.15) is 5.75 Å². The fourth-order valence-corrected chi connectivity index (χ4v) is 2.18. The standard InChI is InChI=1S/C16H15BrClN3O5/c1-9-6-10(2-3-11(9)18)25-8-15(23)21-20-14(22)7-19-16(24)12-4-5-13(17)26-12/h2-6H,7-8H2,1H3,(H,19,24)(H,20,22)(H,21,23). The summed E-state index contributed by atoms with van der Waals surface area (Å²) in [5, 5.41) is 2.94. The Morgan fingerprint density at radius 1 is 1.15 bits per heavy atom. The molecule has 10 heteroatoms. The van der Waals surface area contributed by atoms with Crippen LogP contribution in [0.1, 0.15) is 16.1 Å². The molecule has 0 aliphatic rings. The first-order valence-corrected chi connectivity index (χ1v) is 8.52. The molecule has 0 fully saturated rings. The lowest BCUT2D eigenvalue weighted by atomic mass is 10.2. The average Bonchev–Trinajstić information content (AvgIpc) is 3.05. The van der Waals surface area contributed by atoms with Gasteiger partial charge in [-0.25, -0.2) is 0 Å². The number of halogens is 2. The fourth-order valence-electron chi connectivity index (χ4n) is 1.76. The molecule has 1 aromatic heterocycles. The van der Waals surface area contributed by atoms with Crippen LogP contribution in [0.5, 0.6) is 5.75 Å².